The van der Waals surface area contributed by atoms with Crippen molar-refractivity contribution in [3.63, 3.8) is 0 Å². The van der Waals surface area contributed by atoms with Gasteiger partial charge in [-0.3, -0.25) is 4.79 Å². The van der Waals surface area contributed by atoms with Crippen molar-refractivity contribution in [1.29, 1.82) is 0 Å². The van der Waals surface area contributed by atoms with E-state index in [4.69, 9.17) is 9.47 Å². The maximum absolute atomic E-state index is 12.2. The Morgan fingerprint density at radius 3 is 2.79 bits per heavy atom. The second-order valence-corrected chi connectivity index (χ2v) is 5.32. The molecule has 104 valence electrons. The largest absolute Gasteiger partial charge is 0.493 e. The molecule has 4 nitrogen and oxygen atoms in total. The average molecular weight is 263 g/mol. The number of benzene rings is 1. The molecule has 1 aliphatic heterocycles. The molecule has 1 saturated heterocycles. The summed E-state index contributed by atoms with van der Waals surface area (Å²) >= 11 is 0. The number of hydrogen-bond acceptors (Lipinski definition) is 3. The summed E-state index contributed by atoms with van der Waals surface area (Å²) in [5, 5.41) is 0. The average Bonchev–Trinajstić information content (AvgIpc) is 2.39. The molecule has 0 atom stereocenters. The lowest BCUT2D eigenvalue weighted by atomic mass is 10.0. The highest BCUT2D eigenvalue weighted by Gasteiger charge is 2.33. The summed E-state index contributed by atoms with van der Waals surface area (Å²) in [6.07, 6.45) is 0.401. The van der Waals surface area contributed by atoms with Crippen LogP contribution in [0.25, 0.3) is 0 Å². The van der Waals surface area contributed by atoms with Gasteiger partial charge >= 0.3 is 0 Å². The first kappa shape index (κ1) is 13.9. The summed E-state index contributed by atoms with van der Waals surface area (Å²) in [5.74, 6) is 0.931. The molecule has 0 N–H and O–H groups in total. The first-order valence-electron chi connectivity index (χ1n) is 6.66. The van der Waals surface area contributed by atoms with Gasteiger partial charge in [-0.25, -0.2) is 0 Å². The van der Waals surface area contributed by atoms with E-state index in [9.17, 15) is 4.79 Å². The summed E-state index contributed by atoms with van der Waals surface area (Å²) in [4.78, 5) is 14.1. The summed E-state index contributed by atoms with van der Waals surface area (Å²) in [7, 11) is 0. The van der Waals surface area contributed by atoms with Crippen LogP contribution in [0.2, 0.25) is 0 Å². The fourth-order valence-corrected chi connectivity index (χ4v) is 2.23. The Morgan fingerprint density at radius 1 is 1.37 bits per heavy atom. The molecular weight excluding hydrogens is 242 g/mol. The smallest absolute Gasteiger partial charge is 0.226 e. The Bertz CT molecular complexity index is 417. The quantitative estimate of drug-likeness (QED) is 0.835. The van der Waals surface area contributed by atoms with Crippen molar-refractivity contribution >= 4 is 5.91 Å². The van der Waals surface area contributed by atoms with Gasteiger partial charge in [0.05, 0.1) is 31.8 Å². The van der Waals surface area contributed by atoms with Crippen molar-refractivity contribution in [3.05, 3.63) is 30.3 Å². The Kier molecular flexibility index (Phi) is 4.43. The first-order valence-corrected chi connectivity index (χ1v) is 6.66. The molecule has 4 heteroatoms. The number of hydrogen-bond donors (Lipinski definition) is 0. The van der Waals surface area contributed by atoms with Crippen LogP contribution in [0.3, 0.4) is 0 Å². The molecule has 1 aliphatic rings. The van der Waals surface area contributed by atoms with Crippen molar-refractivity contribution in [1.82, 2.24) is 4.90 Å². The van der Waals surface area contributed by atoms with Gasteiger partial charge in [0.1, 0.15) is 5.75 Å². The number of morpholine rings is 1. The van der Waals surface area contributed by atoms with Crippen molar-refractivity contribution in [2.75, 3.05) is 26.4 Å². The van der Waals surface area contributed by atoms with Crippen molar-refractivity contribution in [3.8, 4) is 5.75 Å². The van der Waals surface area contributed by atoms with Gasteiger partial charge in [0.15, 0.2) is 0 Å². The molecule has 0 aromatic heterocycles. The third-order valence-corrected chi connectivity index (χ3v) is 3.27. The molecular formula is C15H21NO3. The maximum Gasteiger partial charge on any atom is 0.226 e. The van der Waals surface area contributed by atoms with Crippen LogP contribution >= 0.6 is 0 Å². The van der Waals surface area contributed by atoms with Crippen LogP contribution in [0.4, 0.5) is 0 Å². The fourth-order valence-electron chi connectivity index (χ4n) is 2.23. The molecule has 1 aromatic carbocycles. The zero-order valence-corrected chi connectivity index (χ0v) is 11.6. The summed E-state index contributed by atoms with van der Waals surface area (Å²) in [6, 6.07) is 9.56. The van der Waals surface area contributed by atoms with Crippen LogP contribution in [-0.4, -0.2) is 42.7 Å². The van der Waals surface area contributed by atoms with Gasteiger partial charge in [-0.2, -0.15) is 0 Å². The zero-order valence-electron chi connectivity index (χ0n) is 11.6. The molecule has 1 fully saturated rings. The predicted molar refractivity (Wildman–Crippen MR) is 73.2 cm³/mol. The zero-order chi connectivity index (χ0) is 13.7. The Morgan fingerprint density at radius 2 is 2.11 bits per heavy atom. The van der Waals surface area contributed by atoms with E-state index < -0.39 is 0 Å². The monoisotopic (exact) mass is 263 g/mol. The van der Waals surface area contributed by atoms with Crippen molar-refractivity contribution < 1.29 is 14.3 Å². The van der Waals surface area contributed by atoms with Crippen LogP contribution in [0, 0.1) is 0 Å². The van der Waals surface area contributed by atoms with E-state index >= 15 is 0 Å². The minimum absolute atomic E-state index is 0.129. The number of carbonyl (C=O) groups is 1. The third kappa shape index (κ3) is 3.70. The van der Waals surface area contributed by atoms with Crippen LogP contribution < -0.4 is 4.74 Å². The van der Waals surface area contributed by atoms with Crippen molar-refractivity contribution in [2.24, 2.45) is 0 Å². The van der Waals surface area contributed by atoms with Gasteiger partial charge in [-0.1, -0.05) is 18.2 Å². The van der Waals surface area contributed by atoms with Crippen LogP contribution in [0.1, 0.15) is 20.3 Å². The van der Waals surface area contributed by atoms with Gasteiger partial charge < -0.3 is 14.4 Å². The van der Waals surface area contributed by atoms with Crippen LogP contribution in [-0.2, 0) is 9.53 Å². The normalized spacial score (nSPS) is 18.1. The molecule has 0 saturated carbocycles. The molecule has 1 amide bonds. The maximum atomic E-state index is 12.2. The van der Waals surface area contributed by atoms with E-state index in [1.54, 1.807) is 0 Å². The minimum atomic E-state index is -0.220. The van der Waals surface area contributed by atoms with E-state index in [2.05, 4.69) is 0 Å². The molecule has 0 spiro atoms. The highest BCUT2D eigenvalue weighted by molar-refractivity contribution is 5.77. The fraction of sp³-hybridized carbons (Fsp3) is 0.533. The highest BCUT2D eigenvalue weighted by atomic mass is 16.5. The van der Waals surface area contributed by atoms with Gasteiger partial charge in [0, 0.05) is 6.54 Å². The lowest BCUT2D eigenvalue weighted by Gasteiger charge is -2.42. The van der Waals surface area contributed by atoms with E-state index in [1.807, 2.05) is 49.1 Å². The standard InChI is InChI=1S/C15H21NO3/c1-15(2)12-18-11-9-16(15)14(17)8-10-19-13-6-4-3-5-7-13/h3-7H,8-12H2,1-2H3. The third-order valence-electron chi connectivity index (χ3n) is 3.27. The second kappa shape index (κ2) is 6.06. The van der Waals surface area contributed by atoms with Gasteiger partial charge in [-0.05, 0) is 26.0 Å². The number of rotatable bonds is 4. The van der Waals surface area contributed by atoms with Crippen LogP contribution in [0.15, 0.2) is 30.3 Å². The highest BCUT2D eigenvalue weighted by Crippen LogP contribution is 2.20. The summed E-state index contributed by atoms with van der Waals surface area (Å²) in [6.45, 7) is 6.35. The topological polar surface area (TPSA) is 38.8 Å². The van der Waals surface area contributed by atoms with Crippen molar-refractivity contribution in [2.45, 2.75) is 25.8 Å². The number of carbonyl (C=O) groups excluding carboxylic acids is 1. The molecule has 1 heterocycles. The van der Waals surface area contributed by atoms with E-state index in [0.717, 1.165) is 5.75 Å². The number of ether oxygens (including phenoxy) is 2. The lowest BCUT2D eigenvalue weighted by molar-refractivity contribution is -0.146. The van der Waals surface area contributed by atoms with Gasteiger partial charge in [0.25, 0.3) is 0 Å². The minimum Gasteiger partial charge on any atom is -0.493 e. The number of para-hydroxylation sites is 1. The van der Waals surface area contributed by atoms with E-state index in [1.165, 1.54) is 0 Å². The van der Waals surface area contributed by atoms with E-state index in [0.29, 0.717) is 32.8 Å². The Labute approximate surface area is 114 Å². The lowest BCUT2D eigenvalue weighted by Crippen LogP contribution is -2.55. The molecule has 1 aromatic rings. The molecule has 0 bridgehead atoms. The predicted octanol–water partition coefficient (Wildman–Crippen LogP) is 2.09. The molecule has 0 unspecified atom stereocenters. The summed E-state index contributed by atoms with van der Waals surface area (Å²) in [5.41, 5.74) is -0.220. The van der Waals surface area contributed by atoms with Gasteiger partial charge in [0.2, 0.25) is 5.91 Å². The Hall–Kier alpha value is -1.55. The molecule has 0 aliphatic carbocycles. The Balaban J connectivity index is 1.81. The molecule has 2 rings (SSSR count). The SMILES string of the molecule is CC1(C)COCCN1C(=O)CCOc1ccccc1. The molecule has 19 heavy (non-hydrogen) atoms. The number of nitrogens with zero attached hydrogens (tertiary/aromatic N) is 1. The molecule has 0 radical (unpaired) electrons. The second-order valence-electron chi connectivity index (χ2n) is 5.32. The van der Waals surface area contributed by atoms with Crippen LogP contribution in [0.5, 0.6) is 5.75 Å². The van der Waals surface area contributed by atoms with E-state index in [-0.39, 0.29) is 11.4 Å². The van der Waals surface area contributed by atoms with Gasteiger partial charge in [-0.15, -0.1) is 0 Å². The number of amides is 1. The summed E-state index contributed by atoms with van der Waals surface area (Å²) < 4.78 is 11.0. The first-order chi connectivity index (χ1) is 9.09.